The molecule has 0 heterocycles. The van der Waals surface area contributed by atoms with Crippen molar-refractivity contribution in [2.75, 3.05) is 13.7 Å². The molecule has 0 aliphatic rings. The van der Waals surface area contributed by atoms with Gasteiger partial charge in [-0.05, 0) is 6.42 Å². The van der Waals surface area contributed by atoms with E-state index in [0.717, 1.165) is 26.4 Å². The number of hydrogen-bond donors (Lipinski definition) is 0. The predicted molar refractivity (Wildman–Crippen MR) is 56.4 cm³/mol. The molecule has 0 N–H and O–H groups in total. The van der Waals surface area contributed by atoms with E-state index >= 15 is 0 Å². The normalized spacial score (nSPS) is 11.1. The molecule has 0 amide bonds. The summed E-state index contributed by atoms with van der Waals surface area (Å²) in [5.74, 6) is 0. The van der Waals surface area contributed by atoms with Crippen molar-refractivity contribution in [2.24, 2.45) is 0 Å². The molecule has 0 unspecified atom stereocenters. The summed E-state index contributed by atoms with van der Waals surface area (Å²) < 4.78 is 30.0. The molecule has 0 saturated heterocycles. The Bertz CT molecular complexity index is 222. The predicted octanol–water partition coefficient (Wildman–Crippen LogP) is -0.629. The Morgan fingerprint density at radius 3 is 2.13 bits per heavy atom. The Morgan fingerprint density at radius 1 is 1.07 bits per heavy atom. The van der Waals surface area contributed by atoms with Gasteiger partial charge in [-0.2, -0.15) is 8.42 Å². The zero-order valence-electron chi connectivity index (χ0n) is 11.0. The molecule has 0 aromatic carbocycles. The first kappa shape index (κ1) is 18.2. The molecule has 0 aliphatic carbocycles. The van der Waals surface area contributed by atoms with Crippen molar-refractivity contribution < 1.29 is 47.8 Å². The van der Waals surface area contributed by atoms with Crippen molar-refractivity contribution in [3.63, 3.8) is 0 Å². The quantitative estimate of drug-likeness (QED) is 0.403. The summed E-state index contributed by atoms with van der Waals surface area (Å²) in [6.07, 6.45) is 6.61. The van der Waals surface area contributed by atoms with Gasteiger partial charge in [-0.25, -0.2) is 4.18 Å². The van der Waals surface area contributed by atoms with Crippen LogP contribution in [-0.2, 0) is 18.8 Å². The van der Waals surface area contributed by atoms with Gasteiger partial charge in [-0.3, -0.25) is 4.18 Å². The van der Waals surface area contributed by atoms with Gasteiger partial charge in [-0.15, -0.1) is 0 Å². The standard InChI is InChI=1S/C9H20O4S.Na.H/c1-3-4-5-6-7-8-9-13-14(10,11)12-2;;/h3-9H2,1-2H3;;/q;+1;-1. The molecule has 0 aromatic rings. The van der Waals surface area contributed by atoms with E-state index in [9.17, 15) is 8.42 Å². The topological polar surface area (TPSA) is 52.6 Å². The van der Waals surface area contributed by atoms with Crippen LogP contribution in [-0.4, -0.2) is 22.1 Å². The van der Waals surface area contributed by atoms with E-state index in [1.54, 1.807) is 0 Å². The second-order valence-corrected chi connectivity index (χ2v) is 4.55. The molecule has 88 valence electrons. The number of hydrogen-bond acceptors (Lipinski definition) is 4. The second-order valence-electron chi connectivity index (χ2n) is 3.16. The molecule has 0 fully saturated rings. The van der Waals surface area contributed by atoms with Crippen LogP contribution >= 0.6 is 0 Å². The summed E-state index contributed by atoms with van der Waals surface area (Å²) in [4.78, 5) is 0. The average Bonchev–Trinajstić information content (AvgIpc) is 2.16. The fourth-order valence-electron chi connectivity index (χ4n) is 1.09. The molecule has 4 nitrogen and oxygen atoms in total. The fourth-order valence-corrected chi connectivity index (χ4v) is 1.51. The van der Waals surface area contributed by atoms with E-state index in [0.29, 0.717) is 0 Å². The van der Waals surface area contributed by atoms with Gasteiger partial charge in [0.05, 0.1) is 13.7 Å². The van der Waals surface area contributed by atoms with Crippen molar-refractivity contribution in [3.8, 4) is 0 Å². The first-order valence-corrected chi connectivity index (χ1v) is 6.40. The summed E-state index contributed by atoms with van der Waals surface area (Å²) in [6.45, 7) is 2.39. The maximum Gasteiger partial charge on any atom is 1.00 e. The smallest absolute Gasteiger partial charge is 1.00 e. The van der Waals surface area contributed by atoms with Crippen LogP contribution in [0.4, 0.5) is 0 Å². The van der Waals surface area contributed by atoms with Crippen LogP contribution in [0.25, 0.3) is 0 Å². The molecular weight excluding hydrogens is 227 g/mol. The Balaban J connectivity index is -0.000000845. The van der Waals surface area contributed by atoms with E-state index in [4.69, 9.17) is 0 Å². The molecule has 0 aliphatic heterocycles. The minimum absolute atomic E-state index is 0. The summed E-state index contributed by atoms with van der Waals surface area (Å²) in [5.41, 5.74) is 0. The zero-order chi connectivity index (χ0) is 10.9. The van der Waals surface area contributed by atoms with Gasteiger partial charge in [0.1, 0.15) is 0 Å². The molecular formula is C9H21NaO4S. The van der Waals surface area contributed by atoms with Crippen LogP contribution in [0.15, 0.2) is 0 Å². The third kappa shape index (κ3) is 12.8. The van der Waals surface area contributed by atoms with Crippen LogP contribution in [0.3, 0.4) is 0 Å². The van der Waals surface area contributed by atoms with Gasteiger partial charge in [0, 0.05) is 0 Å². The van der Waals surface area contributed by atoms with E-state index in [2.05, 4.69) is 15.3 Å². The zero-order valence-corrected chi connectivity index (χ0v) is 12.8. The van der Waals surface area contributed by atoms with Crippen LogP contribution in [0.1, 0.15) is 46.9 Å². The maximum atomic E-state index is 10.7. The summed E-state index contributed by atoms with van der Waals surface area (Å²) in [5, 5.41) is 0. The molecule has 0 saturated carbocycles. The van der Waals surface area contributed by atoms with Gasteiger partial charge in [0.15, 0.2) is 0 Å². The minimum atomic E-state index is -3.72. The largest absolute Gasteiger partial charge is 1.00 e. The van der Waals surface area contributed by atoms with Crippen LogP contribution < -0.4 is 29.6 Å². The Hall–Kier alpha value is 0.870. The van der Waals surface area contributed by atoms with Crippen molar-refractivity contribution in [3.05, 3.63) is 0 Å². The van der Waals surface area contributed by atoms with E-state index < -0.39 is 10.4 Å². The molecule has 0 radical (unpaired) electrons. The van der Waals surface area contributed by atoms with Crippen molar-refractivity contribution in [1.82, 2.24) is 0 Å². The molecule has 0 aromatic heterocycles. The maximum absolute atomic E-state index is 10.7. The Morgan fingerprint density at radius 2 is 1.60 bits per heavy atom. The fraction of sp³-hybridized carbons (Fsp3) is 1.00. The van der Waals surface area contributed by atoms with E-state index in [1.807, 2.05) is 0 Å². The van der Waals surface area contributed by atoms with Crippen molar-refractivity contribution in [2.45, 2.75) is 45.4 Å². The van der Waals surface area contributed by atoms with E-state index in [1.165, 1.54) is 19.3 Å². The average molecular weight is 248 g/mol. The van der Waals surface area contributed by atoms with Gasteiger partial charge in [0.25, 0.3) is 0 Å². The monoisotopic (exact) mass is 248 g/mol. The minimum Gasteiger partial charge on any atom is -1.00 e. The Kier molecular flexibility index (Phi) is 13.8. The van der Waals surface area contributed by atoms with E-state index in [-0.39, 0.29) is 37.6 Å². The summed E-state index contributed by atoms with van der Waals surface area (Å²) in [7, 11) is -2.62. The number of unbranched alkanes of at least 4 members (excludes halogenated alkanes) is 5. The SMILES string of the molecule is CCCCCCCCOS(=O)(=O)OC.[H-].[Na+]. The first-order valence-electron chi connectivity index (χ1n) is 5.07. The molecule has 0 spiro atoms. The molecule has 0 rings (SSSR count). The van der Waals surface area contributed by atoms with Gasteiger partial charge >= 0.3 is 40.0 Å². The van der Waals surface area contributed by atoms with Crippen molar-refractivity contribution in [1.29, 1.82) is 0 Å². The third-order valence-corrected chi connectivity index (χ3v) is 2.79. The summed E-state index contributed by atoms with van der Waals surface area (Å²) in [6, 6.07) is 0. The molecule has 6 heteroatoms. The second kappa shape index (κ2) is 11.4. The molecule has 15 heavy (non-hydrogen) atoms. The van der Waals surface area contributed by atoms with Gasteiger partial charge in [-0.1, -0.05) is 39.0 Å². The van der Waals surface area contributed by atoms with Gasteiger partial charge in [0.2, 0.25) is 0 Å². The first-order chi connectivity index (χ1) is 6.62. The molecule has 0 bridgehead atoms. The van der Waals surface area contributed by atoms with Gasteiger partial charge < -0.3 is 1.43 Å². The number of rotatable bonds is 9. The molecule has 0 atom stereocenters. The van der Waals surface area contributed by atoms with Crippen LogP contribution in [0.5, 0.6) is 0 Å². The summed E-state index contributed by atoms with van der Waals surface area (Å²) >= 11 is 0. The Labute approximate surface area is 117 Å². The van der Waals surface area contributed by atoms with Crippen LogP contribution in [0, 0.1) is 0 Å². The third-order valence-electron chi connectivity index (χ3n) is 1.93. The van der Waals surface area contributed by atoms with Crippen LogP contribution in [0.2, 0.25) is 0 Å². The van der Waals surface area contributed by atoms with Crippen molar-refractivity contribution >= 4 is 10.4 Å².